The van der Waals surface area contributed by atoms with Crippen LogP contribution in [0, 0.1) is 11.8 Å². The molecule has 4 heteroatoms. The van der Waals surface area contributed by atoms with Gasteiger partial charge < -0.3 is 4.74 Å². The van der Waals surface area contributed by atoms with Crippen LogP contribution < -0.4 is 0 Å². The molecule has 2 unspecified atom stereocenters. The highest BCUT2D eigenvalue weighted by Gasteiger charge is 2.49. The number of esters is 1. The summed E-state index contributed by atoms with van der Waals surface area (Å²) in [5.74, 6) is -1.50. The molecule has 0 N–H and O–H groups in total. The van der Waals surface area contributed by atoms with Gasteiger partial charge in [0.15, 0.2) is 18.2 Å². The van der Waals surface area contributed by atoms with Crippen LogP contribution in [0.5, 0.6) is 0 Å². The Morgan fingerprint density at radius 1 is 0.826 bits per heavy atom. The van der Waals surface area contributed by atoms with Gasteiger partial charge in [-0.15, -0.1) is 0 Å². The largest absolute Gasteiger partial charge is 0.457 e. The Balaban J connectivity index is 1.51. The molecule has 2 atom stereocenters. The molecule has 0 bridgehead atoms. The number of hydrogen-bond acceptors (Lipinski definition) is 4. The summed E-state index contributed by atoms with van der Waals surface area (Å²) in [5, 5.41) is 0. The fourth-order valence-corrected chi connectivity index (χ4v) is 2.51. The van der Waals surface area contributed by atoms with Gasteiger partial charge in [0, 0.05) is 17.0 Å². The van der Waals surface area contributed by atoms with Crippen LogP contribution in [0.3, 0.4) is 0 Å². The lowest BCUT2D eigenvalue weighted by Crippen LogP contribution is -2.17. The summed E-state index contributed by atoms with van der Waals surface area (Å²) in [6.45, 7) is -0.286. The van der Waals surface area contributed by atoms with Gasteiger partial charge in [-0.1, -0.05) is 60.7 Å². The van der Waals surface area contributed by atoms with Gasteiger partial charge in [0.05, 0.1) is 5.92 Å². The Kier molecular flexibility index (Phi) is 4.33. The van der Waals surface area contributed by atoms with E-state index in [1.54, 1.807) is 48.5 Å². The Bertz CT molecular complexity index is 722. The Hall–Kier alpha value is -2.75. The first-order chi connectivity index (χ1) is 11.2. The molecule has 1 aliphatic carbocycles. The van der Waals surface area contributed by atoms with Crippen LogP contribution in [0.2, 0.25) is 0 Å². The lowest BCUT2D eigenvalue weighted by molar-refractivity contribution is -0.144. The van der Waals surface area contributed by atoms with Gasteiger partial charge in [0.2, 0.25) is 0 Å². The van der Waals surface area contributed by atoms with E-state index in [-0.39, 0.29) is 24.1 Å². The van der Waals surface area contributed by atoms with Crippen LogP contribution in [0.15, 0.2) is 60.7 Å². The summed E-state index contributed by atoms with van der Waals surface area (Å²) in [6.07, 6.45) is 0.492. The minimum atomic E-state index is -0.469. The molecule has 0 spiro atoms. The second kappa shape index (κ2) is 6.57. The topological polar surface area (TPSA) is 60.4 Å². The maximum absolute atomic E-state index is 12.2. The minimum absolute atomic E-state index is 0.0399. The monoisotopic (exact) mass is 308 g/mol. The predicted molar refractivity (Wildman–Crippen MR) is 84.1 cm³/mol. The predicted octanol–water partition coefficient (Wildman–Crippen LogP) is 2.93. The average Bonchev–Trinajstić information content (AvgIpc) is 3.41. The maximum Gasteiger partial charge on any atom is 0.310 e. The van der Waals surface area contributed by atoms with E-state index in [9.17, 15) is 14.4 Å². The molecule has 0 saturated heterocycles. The van der Waals surface area contributed by atoms with Crippen LogP contribution in [-0.4, -0.2) is 24.1 Å². The lowest BCUT2D eigenvalue weighted by atomic mass is 10.1. The second-order valence-corrected chi connectivity index (χ2v) is 5.58. The molecule has 3 rings (SSSR count). The number of ether oxygens (including phenoxy) is 1. The Labute approximate surface area is 134 Å². The van der Waals surface area contributed by atoms with Crippen molar-refractivity contribution in [1.29, 1.82) is 0 Å². The third kappa shape index (κ3) is 3.54. The number of Topliss-reactive ketones (excluding diaryl/α,β-unsaturated/α-hetero) is 2. The van der Waals surface area contributed by atoms with E-state index in [0.717, 1.165) is 0 Å². The summed E-state index contributed by atoms with van der Waals surface area (Å²) in [5.41, 5.74) is 1.11. The number of carbonyl (C=O) groups excluding carboxylic acids is 3. The van der Waals surface area contributed by atoms with Gasteiger partial charge >= 0.3 is 5.97 Å². The molecule has 0 radical (unpaired) electrons. The fraction of sp³-hybridized carbons (Fsp3) is 0.211. The zero-order valence-electron chi connectivity index (χ0n) is 12.5. The van der Waals surface area contributed by atoms with E-state index in [1.165, 1.54) is 0 Å². The Morgan fingerprint density at radius 3 is 2.00 bits per heavy atom. The molecule has 1 aliphatic rings. The second-order valence-electron chi connectivity index (χ2n) is 5.58. The molecule has 0 heterocycles. The van der Waals surface area contributed by atoms with E-state index in [0.29, 0.717) is 17.5 Å². The number of carbonyl (C=O) groups is 3. The lowest BCUT2D eigenvalue weighted by Gasteiger charge is -2.04. The van der Waals surface area contributed by atoms with Crippen LogP contribution in [-0.2, 0) is 9.53 Å². The van der Waals surface area contributed by atoms with Gasteiger partial charge in [-0.05, 0) is 6.42 Å². The van der Waals surface area contributed by atoms with Crippen molar-refractivity contribution in [2.45, 2.75) is 6.42 Å². The van der Waals surface area contributed by atoms with Gasteiger partial charge in [-0.2, -0.15) is 0 Å². The minimum Gasteiger partial charge on any atom is -0.457 e. The summed E-state index contributed by atoms with van der Waals surface area (Å²) >= 11 is 0. The molecule has 2 aromatic rings. The summed E-state index contributed by atoms with van der Waals surface area (Å²) < 4.78 is 5.06. The SMILES string of the molecule is O=C(COC(=O)C1CC1C(=O)c1ccccc1)c1ccccc1. The molecule has 0 aromatic heterocycles. The smallest absolute Gasteiger partial charge is 0.310 e. The van der Waals surface area contributed by atoms with Crippen LogP contribution >= 0.6 is 0 Å². The van der Waals surface area contributed by atoms with Crippen LogP contribution in [0.4, 0.5) is 0 Å². The molecule has 2 aromatic carbocycles. The number of hydrogen-bond donors (Lipinski definition) is 0. The highest BCUT2D eigenvalue weighted by molar-refractivity contribution is 6.03. The third-order valence-corrected chi connectivity index (χ3v) is 3.93. The zero-order chi connectivity index (χ0) is 16.2. The number of benzene rings is 2. The normalized spacial score (nSPS) is 19.0. The molecular formula is C19H16O4. The summed E-state index contributed by atoms with van der Waals surface area (Å²) in [7, 11) is 0. The highest BCUT2D eigenvalue weighted by atomic mass is 16.5. The molecule has 1 saturated carbocycles. The fourth-order valence-electron chi connectivity index (χ4n) is 2.51. The van der Waals surface area contributed by atoms with Crippen molar-refractivity contribution in [1.82, 2.24) is 0 Å². The quantitative estimate of drug-likeness (QED) is 0.608. The van der Waals surface area contributed by atoms with Gasteiger partial charge in [-0.3, -0.25) is 14.4 Å². The third-order valence-electron chi connectivity index (χ3n) is 3.93. The van der Waals surface area contributed by atoms with Crippen molar-refractivity contribution in [3.05, 3.63) is 71.8 Å². The zero-order valence-corrected chi connectivity index (χ0v) is 12.5. The van der Waals surface area contributed by atoms with Crippen molar-refractivity contribution in [2.75, 3.05) is 6.61 Å². The first-order valence-electron chi connectivity index (χ1n) is 7.51. The van der Waals surface area contributed by atoms with E-state index >= 15 is 0 Å². The Morgan fingerprint density at radius 2 is 1.39 bits per heavy atom. The molecule has 1 fully saturated rings. The van der Waals surface area contributed by atoms with Gasteiger partial charge in [-0.25, -0.2) is 0 Å². The molecule has 116 valence electrons. The summed E-state index contributed by atoms with van der Waals surface area (Å²) in [4.78, 5) is 36.1. The van der Waals surface area contributed by atoms with Crippen LogP contribution in [0.25, 0.3) is 0 Å². The van der Waals surface area contributed by atoms with E-state index in [1.807, 2.05) is 12.1 Å². The van der Waals surface area contributed by atoms with Crippen LogP contribution in [0.1, 0.15) is 27.1 Å². The van der Waals surface area contributed by atoms with E-state index < -0.39 is 11.9 Å². The van der Waals surface area contributed by atoms with Crippen molar-refractivity contribution in [2.24, 2.45) is 11.8 Å². The standard InChI is InChI=1S/C19H16O4/c20-17(13-7-3-1-4-8-13)12-23-19(22)16-11-15(16)18(21)14-9-5-2-6-10-14/h1-10,15-16H,11-12H2. The van der Waals surface area contributed by atoms with Gasteiger partial charge in [0.1, 0.15) is 0 Å². The first-order valence-corrected chi connectivity index (χ1v) is 7.51. The van der Waals surface area contributed by atoms with Gasteiger partial charge in [0.25, 0.3) is 0 Å². The first kappa shape index (κ1) is 15.2. The van der Waals surface area contributed by atoms with Crippen molar-refractivity contribution in [3.63, 3.8) is 0 Å². The van der Waals surface area contributed by atoms with Crippen molar-refractivity contribution < 1.29 is 19.1 Å². The molecule has 23 heavy (non-hydrogen) atoms. The summed E-state index contributed by atoms with van der Waals surface area (Å²) in [6, 6.07) is 17.6. The number of rotatable bonds is 6. The van der Waals surface area contributed by atoms with Crippen molar-refractivity contribution >= 4 is 17.5 Å². The molecule has 0 amide bonds. The molecule has 0 aliphatic heterocycles. The average molecular weight is 308 g/mol. The van der Waals surface area contributed by atoms with E-state index in [4.69, 9.17) is 4.74 Å². The molecule has 4 nitrogen and oxygen atoms in total. The highest BCUT2D eigenvalue weighted by Crippen LogP contribution is 2.41. The number of ketones is 2. The maximum atomic E-state index is 12.2. The van der Waals surface area contributed by atoms with E-state index in [2.05, 4.69) is 0 Å². The van der Waals surface area contributed by atoms with Crippen molar-refractivity contribution in [3.8, 4) is 0 Å². The molecular weight excluding hydrogens is 292 g/mol.